The van der Waals surface area contributed by atoms with E-state index in [4.69, 9.17) is 0 Å². The second-order valence-corrected chi connectivity index (χ2v) is 6.66. The zero-order chi connectivity index (χ0) is 15.6. The van der Waals surface area contributed by atoms with Crippen LogP contribution in [-0.4, -0.2) is 48.6 Å². The number of allylic oxidation sites excluding steroid dienone is 3. The average molecular weight is 317 g/mol. The van der Waals surface area contributed by atoms with E-state index in [2.05, 4.69) is 0 Å². The summed E-state index contributed by atoms with van der Waals surface area (Å²) in [6.07, 6.45) is 6.37. The maximum absolute atomic E-state index is 12.7. The van der Waals surface area contributed by atoms with Gasteiger partial charge in [-0.3, -0.25) is 4.79 Å². The molecule has 1 aliphatic heterocycles. The number of carbonyl (C=O) groups excluding carboxylic acids is 1. The predicted octanol–water partition coefficient (Wildman–Crippen LogP) is 0.864. The molecule has 21 heavy (non-hydrogen) atoms. The second-order valence-electron chi connectivity index (χ2n) is 5.25. The zero-order valence-electron chi connectivity index (χ0n) is 11.2. The van der Waals surface area contributed by atoms with Crippen LogP contribution in [0.1, 0.15) is 19.3 Å². The monoisotopic (exact) mass is 317 g/mol. The van der Waals surface area contributed by atoms with Gasteiger partial charge in [-0.25, -0.2) is 4.79 Å². The molecule has 0 aromatic rings. The van der Waals surface area contributed by atoms with Crippen molar-refractivity contribution in [3.05, 3.63) is 23.8 Å². The number of halogens is 1. The van der Waals surface area contributed by atoms with Crippen molar-refractivity contribution in [3.8, 4) is 0 Å². The summed E-state index contributed by atoms with van der Waals surface area (Å²) in [6, 6.07) is -1.10. The Morgan fingerprint density at radius 3 is 2.71 bits per heavy atom. The van der Waals surface area contributed by atoms with Crippen LogP contribution in [-0.2, 0) is 19.8 Å². The number of hydrogen-bond donors (Lipinski definition) is 1. The van der Waals surface area contributed by atoms with Gasteiger partial charge < -0.3 is 10.0 Å². The Kier molecular flexibility index (Phi) is 4.46. The summed E-state index contributed by atoms with van der Waals surface area (Å²) in [5, 5.41) is 9.37. The summed E-state index contributed by atoms with van der Waals surface area (Å²) in [5.41, 5.74) is 0.599. The molecule has 0 saturated carbocycles. The fourth-order valence-corrected chi connectivity index (χ4v) is 3.57. The highest BCUT2D eigenvalue weighted by Gasteiger charge is 2.40. The van der Waals surface area contributed by atoms with E-state index in [1.807, 2.05) is 12.2 Å². The van der Waals surface area contributed by atoms with Gasteiger partial charge in [-0.05, 0) is 18.4 Å². The van der Waals surface area contributed by atoms with Crippen LogP contribution in [0.3, 0.4) is 0 Å². The lowest BCUT2D eigenvalue weighted by Gasteiger charge is -2.27. The minimum absolute atomic E-state index is 0.0556. The van der Waals surface area contributed by atoms with Crippen molar-refractivity contribution < 1.29 is 27.0 Å². The van der Waals surface area contributed by atoms with Crippen molar-refractivity contribution in [2.24, 2.45) is 5.92 Å². The van der Waals surface area contributed by atoms with E-state index in [1.165, 1.54) is 0 Å². The van der Waals surface area contributed by atoms with Crippen molar-refractivity contribution in [1.29, 1.82) is 0 Å². The molecule has 1 unspecified atom stereocenters. The third kappa shape index (κ3) is 3.90. The van der Waals surface area contributed by atoms with Crippen LogP contribution >= 0.6 is 0 Å². The first kappa shape index (κ1) is 15.7. The Morgan fingerprint density at radius 1 is 1.48 bits per heavy atom. The smallest absolute Gasteiger partial charge is 0.330 e. The minimum Gasteiger partial charge on any atom is -0.479 e. The fourth-order valence-electron chi connectivity index (χ4n) is 2.79. The Bertz CT molecular complexity index is 610. The molecule has 1 heterocycles. The van der Waals surface area contributed by atoms with Crippen LogP contribution in [0.25, 0.3) is 0 Å². The van der Waals surface area contributed by atoms with E-state index in [0.717, 1.165) is 4.90 Å². The van der Waals surface area contributed by atoms with E-state index < -0.39 is 39.8 Å². The molecule has 1 saturated heterocycles. The van der Waals surface area contributed by atoms with Crippen molar-refractivity contribution in [2.75, 3.05) is 12.3 Å². The first-order valence-electron chi connectivity index (χ1n) is 6.56. The van der Waals surface area contributed by atoms with Gasteiger partial charge in [0.15, 0.2) is 6.04 Å². The Balaban J connectivity index is 2.16. The van der Waals surface area contributed by atoms with Gasteiger partial charge in [0.05, 0.1) is 5.75 Å². The van der Waals surface area contributed by atoms with Crippen molar-refractivity contribution in [1.82, 2.24) is 4.90 Å². The Labute approximate surface area is 122 Å². The number of nitrogens with zero attached hydrogens (tertiary/aromatic N) is 1. The van der Waals surface area contributed by atoms with E-state index in [9.17, 15) is 27.0 Å². The van der Waals surface area contributed by atoms with Crippen molar-refractivity contribution in [3.63, 3.8) is 0 Å². The summed E-state index contributed by atoms with van der Waals surface area (Å²) >= 11 is 0. The number of carboxylic acid groups (broad SMARTS) is 1. The molecule has 0 aromatic carbocycles. The summed E-state index contributed by atoms with van der Waals surface area (Å²) < 4.78 is 34.1. The van der Waals surface area contributed by atoms with Crippen LogP contribution in [0.2, 0.25) is 0 Å². The van der Waals surface area contributed by atoms with Gasteiger partial charge in [0.2, 0.25) is 5.91 Å². The maximum Gasteiger partial charge on any atom is 0.330 e. The van der Waals surface area contributed by atoms with Crippen LogP contribution in [0, 0.1) is 5.92 Å². The molecule has 2 rings (SSSR count). The summed E-state index contributed by atoms with van der Waals surface area (Å²) in [7, 11) is -4.68. The quantitative estimate of drug-likeness (QED) is 0.600. The molecule has 1 amide bonds. The summed E-state index contributed by atoms with van der Waals surface area (Å²) in [5.74, 6) is -3.06. The third-order valence-corrected chi connectivity index (χ3v) is 4.48. The van der Waals surface area contributed by atoms with Gasteiger partial charge in [0.1, 0.15) is 0 Å². The molecular weight excluding hydrogens is 301 g/mol. The molecule has 1 fully saturated rings. The largest absolute Gasteiger partial charge is 0.479 e. The summed E-state index contributed by atoms with van der Waals surface area (Å²) in [4.78, 5) is 24.6. The van der Waals surface area contributed by atoms with Gasteiger partial charge in [-0.2, -0.15) is 8.42 Å². The molecule has 1 aliphatic carbocycles. The fraction of sp³-hybridized carbons (Fsp3) is 0.538. The van der Waals surface area contributed by atoms with Crippen LogP contribution < -0.4 is 0 Å². The third-order valence-electron chi connectivity index (χ3n) is 3.61. The molecule has 0 spiro atoms. The van der Waals surface area contributed by atoms with E-state index >= 15 is 0 Å². The molecule has 0 bridgehead atoms. The lowest BCUT2D eigenvalue weighted by Crippen LogP contribution is -2.44. The second kappa shape index (κ2) is 5.97. The lowest BCUT2D eigenvalue weighted by atomic mass is 9.97. The van der Waals surface area contributed by atoms with Crippen LogP contribution in [0.4, 0.5) is 3.89 Å². The normalized spacial score (nSPS) is 24.0. The SMILES string of the molecule is O=C(O)[C@@H](C1=CCC=CC1)N1CC(CS(=O)(=O)F)CC1=O. The first-order chi connectivity index (χ1) is 9.78. The lowest BCUT2D eigenvalue weighted by molar-refractivity contribution is -0.146. The van der Waals surface area contributed by atoms with Crippen molar-refractivity contribution >= 4 is 22.1 Å². The molecule has 6 nitrogen and oxygen atoms in total. The van der Waals surface area contributed by atoms with Crippen LogP contribution in [0.15, 0.2) is 23.8 Å². The standard InChI is InChI=1S/C13H16FNO5S/c14-21(19,20)8-9-6-11(16)15(7-9)12(13(17)18)10-4-2-1-3-5-10/h1-2,5,9,12H,3-4,6-8H2,(H,17,18)/t9?,12-/m1/s1. The van der Waals surface area contributed by atoms with Gasteiger partial charge >= 0.3 is 16.2 Å². The number of aliphatic carboxylic acids is 1. The first-order valence-corrected chi connectivity index (χ1v) is 8.11. The predicted molar refractivity (Wildman–Crippen MR) is 72.6 cm³/mol. The average Bonchev–Trinajstić information content (AvgIpc) is 2.69. The molecule has 116 valence electrons. The maximum atomic E-state index is 12.7. The van der Waals surface area contributed by atoms with Gasteiger partial charge in [-0.15, -0.1) is 3.89 Å². The van der Waals surface area contributed by atoms with Crippen LogP contribution in [0.5, 0.6) is 0 Å². The van der Waals surface area contributed by atoms with E-state index in [-0.39, 0.29) is 13.0 Å². The molecular formula is C13H16FNO5S. The number of carboxylic acids is 1. The van der Waals surface area contributed by atoms with Crippen molar-refractivity contribution in [2.45, 2.75) is 25.3 Å². The van der Waals surface area contributed by atoms with Gasteiger partial charge in [0, 0.05) is 18.9 Å². The molecule has 2 atom stereocenters. The van der Waals surface area contributed by atoms with E-state index in [1.54, 1.807) is 6.08 Å². The number of carbonyl (C=O) groups is 2. The minimum atomic E-state index is -4.68. The summed E-state index contributed by atoms with van der Waals surface area (Å²) in [6.45, 7) is -0.0556. The number of amides is 1. The Hall–Kier alpha value is -1.70. The number of likely N-dealkylation sites (tertiary alicyclic amines) is 1. The highest BCUT2D eigenvalue weighted by atomic mass is 32.3. The van der Waals surface area contributed by atoms with Gasteiger partial charge in [0.25, 0.3) is 0 Å². The molecule has 0 aromatic heterocycles. The molecule has 0 radical (unpaired) electrons. The molecule has 2 aliphatic rings. The van der Waals surface area contributed by atoms with E-state index in [0.29, 0.717) is 18.4 Å². The molecule has 1 N–H and O–H groups in total. The number of hydrogen-bond acceptors (Lipinski definition) is 4. The van der Waals surface area contributed by atoms with Gasteiger partial charge in [-0.1, -0.05) is 18.2 Å². The number of rotatable bonds is 5. The topological polar surface area (TPSA) is 91.8 Å². The molecule has 8 heteroatoms. The Morgan fingerprint density at radius 2 is 2.19 bits per heavy atom. The highest BCUT2D eigenvalue weighted by Crippen LogP contribution is 2.27. The zero-order valence-corrected chi connectivity index (χ0v) is 12.1. The highest BCUT2D eigenvalue weighted by molar-refractivity contribution is 7.86.